The second-order valence-electron chi connectivity index (χ2n) is 3.45. The van der Waals surface area contributed by atoms with Crippen molar-refractivity contribution in [2.24, 2.45) is 5.11 Å². The normalized spacial score (nSPS) is 13.5. The van der Waals surface area contributed by atoms with Gasteiger partial charge in [0.1, 0.15) is 11.0 Å². The summed E-state index contributed by atoms with van der Waals surface area (Å²) in [5.74, 6) is -0.554. The van der Waals surface area contributed by atoms with Crippen LogP contribution in [0.3, 0.4) is 0 Å². The summed E-state index contributed by atoms with van der Waals surface area (Å²) in [4.78, 5) is 14.2. The molecule has 18 heavy (non-hydrogen) atoms. The van der Waals surface area contributed by atoms with E-state index in [2.05, 4.69) is 14.8 Å². The number of hydrogen-bond acceptors (Lipinski definition) is 6. The van der Waals surface area contributed by atoms with Crippen LogP contribution in [0.2, 0.25) is 0 Å². The summed E-state index contributed by atoms with van der Waals surface area (Å²) in [5, 5.41) is 24.5. The minimum Gasteiger partial charge on any atom is -0.465 e. The summed E-state index contributed by atoms with van der Waals surface area (Å²) in [5.41, 5.74) is 8.42. The molecule has 1 heterocycles. The van der Waals surface area contributed by atoms with Gasteiger partial charge < -0.3 is 14.9 Å². The van der Waals surface area contributed by atoms with Crippen molar-refractivity contribution in [1.82, 2.24) is 0 Å². The van der Waals surface area contributed by atoms with Crippen molar-refractivity contribution in [3.05, 3.63) is 32.3 Å². The molecule has 0 aliphatic rings. The predicted octanol–water partition coefficient (Wildman–Crippen LogP) is 1.63. The first-order valence-corrected chi connectivity index (χ1v) is 6.02. The molecule has 0 amide bonds. The highest BCUT2D eigenvalue weighted by molar-refractivity contribution is 7.12. The van der Waals surface area contributed by atoms with Gasteiger partial charge in [-0.2, -0.15) is 0 Å². The third-order valence-electron chi connectivity index (χ3n) is 2.34. The molecule has 1 aromatic rings. The Morgan fingerprint density at radius 3 is 3.00 bits per heavy atom. The van der Waals surface area contributed by atoms with E-state index in [0.717, 1.165) is 11.3 Å². The Morgan fingerprint density at radius 1 is 1.67 bits per heavy atom. The first kappa shape index (κ1) is 14.5. The number of carbonyl (C=O) groups excluding carboxylic acids is 1. The van der Waals surface area contributed by atoms with Crippen molar-refractivity contribution in [1.29, 1.82) is 0 Å². The number of rotatable bonds is 6. The van der Waals surface area contributed by atoms with Crippen molar-refractivity contribution >= 4 is 17.3 Å². The van der Waals surface area contributed by atoms with Crippen LogP contribution in [0.15, 0.2) is 16.6 Å². The van der Waals surface area contributed by atoms with Gasteiger partial charge >= 0.3 is 5.97 Å². The van der Waals surface area contributed by atoms with Gasteiger partial charge in [0, 0.05) is 17.0 Å². The number of nitrogens with zero attached hydrogens (tertiary/aromatic N) is 3. The lowest BCUT2D eigenvalue weighted by Gasteiger charge is -2.17. The number of azide groups is 1. The molecule has 7 nitrogen and oxygen atoms in total. The maximum absolute atomic E-state index is 11.4. The molecule has 1 rings (SSSR count). The van der Waals surface area contributed by atoms with Gasteiger partial charge in [0.2, 0.25) is 0 Å². The van der Waals surface area contributed by atoms with Crippen molar-refractivity contribution in [2.45, 2.75) is 18.6 Å². The Bertz CT molecular complexity index is 456. The molecule has 0 fully saturated rings. The van der Waals surface area contributed by atoms with Gasteiger partial charge in [-0.25, -0.2) is 4.79 Å². The van der Waals surface area contributed by atoms with E-state index in [0.29, 0.717) is 5.56 Å². The van der Waals surface area contributed by atoms with Crippen LogP contribution in [0, 0.1) is 0 Å². The van der Waals surface area contributed by atoms with Crippen LogP contribution in [0.5, 0.6) is 0 Å². The highest BCUT2D eigenvalue weighted by Gasteiger charge is 2.24. The third-order valence-corrected chi connectivity index (χ3v) is 3.25. The van der Waals surface area contributed by atoms with Crippen LogP contribution in [0.4, 0.5) is 0 Å². The molecular formula is C10H13N3O4S. The van der Waals surface area contributed by atoms with E-state index in [4.69, 9.17) is 5.53 Å². The number of ether oxygens (including phenoxy) is 1. The zero-order chi connectivity index (χ0) is 13.5. The molecule has 98 valence electrons. The number of aliphatic hydroxyl groups excluding tert-OH is 2. The summed E-state index contributed by atoms with van der Waals surface area (Å²) in [6.45, 7) is 0.0758. The van der Waals surface area contributed by atoms with Crippen LogP contribution in [-0.4, -0.2) is 35.9 Å². The lowest BCUT2D eigenvalue weighted by Crippen LogP contribution is -2.20. The van der Waals surface area contributed by atoms with Gasteiger partial charge in [0.25, 0.3) is 0 Å². The number of hydrogen-bond donors (Lipinski definition) is 2. The van der Waals surface area contributed by atoms with Gasteiger partial charge in [-0.1, -0.05) is 5.11 Å². The molecule has 8 heteroatoms. The maximum Gasteiger partial charge on any atom is 0.348 e. The lowest BCUT2D eigenvalue weighted by atomic mass is 10.0. The summed E-state index contributed by atoms with van der Waals surface area (Å²) in [7, 11) is 1.25. The summed E-state index contributed by atoms with van der Waals surface area (Å²) in [6.07, 6.45) is -2.20. The molecule has 2 unspecified atom stereocenters. The van der Waals surface area contributed by atoms with Crippen molar-refractivity contribution in [3.8, 4) is 0 Å². The number of methoxy groups -OCH3 is 1. The van der Waals surface area contributed by atoms with Crippen molar-refractivity contribution < 1.29 is 19.7 Å². The van der Waals surface area contributed by atoms with Crippen molar-refractivity contribution in [2.75, 3.05) is 13.7 Å². The summed E-state index contributed by atoms with van der Waals surface area (Å²) in [6, 6.07) is 1.55. The second-order valence-corrected chi connectivity index (χ2v) is 4.37. The van der Waals surface area contributed by atoms with Crippen LogP contribution in [-0.2, 0) is 4.74 Å². The molecule has 0 spiro atoms. The Morgan fingerprint density at radius 2 is 2.39 bits per heavy atom. The number of carbonyl (C=O) groups is 1. The standard InChI is InChI=1S/C10H13N3O4S/c1-17-10(16)9-6(3-5-18-9)8(15)7(14)2-4-12-13-11/h3,5,7-8,14-15H,2,4H2,1H3. The molecule has 0 aliphatic heterocycles. The minimum atomic E-state index is -1.21. The molecule has 0 radical (unpaired) electrons. The molecule has 2 atom stereocenters. The van der Waals surface area contributed by atoms with Gasteiger partial charge in [-0.05, 0) is 23.4 Å². The van der Waals surface area contributed by atoms with Gasteiger partial charge in [-0.3, -0.25) is 0 Å². The quantitative estimate of drug-likeness (QED) is 0.354. The van der Waals surface area contributed by atoms with E-state index in [1.807, 2.05) is 0 Å². The van der Waals surface area contributed by atoms with E-state index < -0.39 is 18.2 Å². The largest absolute Gasteiger partial charge is 0.465 e. The van der Waals surface area contributed by atoms with Gasteiger partial charge in [-0.15, -0.1) is 11.3 Å². The zero-order valence-electron chi connectivity index (χ0n) is 9.68. The monoisotopic (exact) mass is 271 g/mol. The van der Waals surface area contributed by atoms with E-state index in [1.54, 1.807) is 11.4 Å². The molecule has 2 N–H and O–H groups in total. The summed E-state index contributed by atoms with van der Waals surface area (Å²) < 4.78 is 4.58. The fourth-order valence-corrected chi connectivity index (χ4v) is 2.27. The SMILES string of the molecule is COC(=O)c1sccc1C(O)C(O)CCN=[N+]=[N-]. The molecular weight excluding hydrogens is 258 g/mol. The fraction of sp³-hybridized carbons (Fsp3) is 0.500. The van der Waals surface area contributed by atoms with E-state index >= 15 is 0 Å². The molecule has 0 aromatic carbocycles. The topological polar surface area (TPSA) is 116 Å². The Kier molecular flexibility index (Phi) is 5.60. The number of thiophene rings is 1. The minimum absolute atomic E-state index is 0.0758. The summed E-state index contributed by atoms with van der Waals surface area (Å²) >= 11 is 1.13. The number of esters is 1. The Balaban J connectivity index is 2.77. The number of aliphatic hydroxyl groups is 2. The van der Waals surface area contributed by atoms with Crippen LogP contribution < -0.4 is 0 Å². The van der Waals surface area contributed by atoms with E-state index in [-0.39, 0.29) is 17.8 Å². The van der Waals surface area contributed by atoms with Crippen LogP contribution in [0.1, 0.15) is 27.8 Å². The first-order chi connectivity index (χ1) is 8.61. The van der Waals surface area contributed by atoms with Crippen LogP contribution in [0.25, 0.3) is 10.4 Å². The van der Waals surface area contributed by atoms with Gasteiger partial charge in [0.05, 0.1) is 13.2 Å². The highest BCUT2D eigenvalue weighted by atomic mass is 32.1. The van der Waals surface area contributed by atoms with Crippen LogP contribution >= 0.6 is 11.3 Å². The highest BCUT2D eigenvalue weighted by Crippen LogP contribution is 2.27. The Labute approximate surface area is 107 Å². The zero-order valence-corrected chi connectivity index (χ0v) is 10.5. The molecule has 0 saturated heterocycles. The average molecular weight is 271 g/mol. The average Bonchev–Trinajstić information content (AvgIpc) is 2.86. The maximum atomic E-state index is 11.4. The molecule has 0 bridgehead atoms. The van der Waals surface area contributed by atoms with Crippen molar-refractivity contribution in [3.63, 3.8) is 0 Å². The smallest absolute Gasteiger partial charge is 0.348 e. The second kappa shape index (κ2) is 6.97. The molecule has 0 saturated carbocycles. The van der Waals surface area contributed by atoms with Gasteiger partial charge in [0.15, 0.2) is 0 Å². The van der Waals surface area contributed by atoms with E-state index in [1.165, 1.54) is 7.11 Å². The molecule has 0 aliphatic carbocycles. The fourth-order valence-electron chi connectivity index (χ4n) is 1.41. The first-order valence-electron chi connectivity index (χ1n) is 5.14. The third kappa shape index (κ3) is 3.44. The lowest BCUT2D eigenvalue weighted by molar-refractivity contribution is 0.0142. The molecule has 1 aromatic heterocycles. The van der Waals surface area contributed by atoms with E-state index in [9.17, 15) is 15.0 Å². The predicted molar refractivity (Wildman–Crippen MR) is 65.3 cm³/mol. The Hall–Kier alpha value is -1.60.